The Kier molecular flexibility index (Phi) is 6.27. The number of piperidine rings is 1. The number of anilines is 1. The zero-order chi connectivity index (χ0) is 26.7. The van der Waals surface area contributed by atoms with Crippen LogP contribution in [0.2, 0.25) is 5.02 Å². The molecule has 9 nitrogen and oxygen atoms in total. The van der Waals surface area contributed by atoms with Gasteiger partial charge < -0.3 is 9.64 Å². The number of ether oxygens (including phenoxy) is 1. The summed E-state index contributed by atoms with van der Waals surface area (Å²) < 4.78 is 68.6. The summed E-state index contributed by atoms with van der Waals surface area (Å²) in [5, 5.41) is 9.62. The summed E-state index contributed by atoms with van der Waals surface area (Å²) in [5.41, 5.74) is 1.86. The fraction of sp³-hybridized carbons (Fsp3) is 0.458. The molecule has 2 saturated heterocycles. The van der Waals surface area contributed by atoms with Crippen LogP contribution in [0.4, 0.5) is 19.0 Å². The van der Waals surface area contributed by atoms with Crippen molar-refractivity contribution in [2.24, 2.45) is 0 Å². The zero-order valence-corrected chi connectivity index (χ0v) is 21.7. The average molecular weight is 569 g/mol. The fourth-order valence-corrected chi connectivity index (χ4v) is 7.19. The fourth-order valence-electron chi connectivity index (χ4n) is 5.49. The maximum atomic E-state index is 12.9. The first-order chi connectivity index (χ1) is 18.1. The topological polar surface area (TPSA) is 93.5 Å². The highest BCUT2D eigenvalue weighted by molar-refractivity contribution is 7.92. The first-order valence-electron chi connectivity index (χ1n) is 12.2. The van der Waals surface area contributed by atoms with Gasteiger partial charge in [0.25, 0.3) is 0 Å². The van der Waals surface area contributed by atoms with E-state index in [2.05, 4.69) is 24.8 Å². The number of hydrogen-bond donors (Lipinski definition) is 0. The number of aromatic nitrogens is 4. The van der Waals surface area contributed by atoms with Crippen LogP contribution in [0.3, 0.4) is 0 Å². The highest BCUT2D eigenvalue weighted by Crippen LogP contribution is 2.38. The van der Waals surface area contributed by atoms with Crippen molar-refractivity contribution in [2.45, 2.75) is 44.3 Å². The van der Waals surface area contributed by atoms with Crippen molar-refractivity contribution in [3.8, 4) is 11.4 Å². The van der Waals surface area contributed by atoms with Gasteiger partial charge in [0.1, 0.15) is 5.82 Å². The Labute approximate surface area is 222 Å². The molecule has 38 heavy (non-hydrogen) atoms. The van der Waals surface area contributed by atoms with Gasteiger partial charge in [-0.3, -0.25) is 9.47 Å². The molecule has 0 saturated carbocycles. The Balaban J connectivity index is 1.26. The number of alkyl halides is 3. The smallest absolute Gasteiger partial charge is 0.402 e. The maximum absolute atomic E-state index is 12.9. The van der Waals surface area contributed by atoms with Crippen LogP contribution in [0.15, 0.2) is 36.5 Å². The number of halogens is 4. The van der Waals surface area contributed by atoms with E-state index in [-0.39, 0.29) is 35.0 Å². The van der Waals surface area contributed by atoms with Gasteiger partial charge in [0.05, 0.1) is 23.7 Å². The van der Waals surface area contributed by atoms with Crippen molar-refractivity contribution in [3.63, 3.8) is 0 Å². The number of hydrogen-bond acceptors (Lipinski definition) is 8. The van der Waals surface area contributed by atoms with Gasteiger partial charge in [-0.05, 0) is 48.7 Å². The van der Waals surface area contributed by atoms with E-state index in [1.165, 1.54) is 18.3 Å². The minimum absolute atomic E-state index is 0.0161. The number of benzene rings is 1. The Hall–Kier alpha value is -2.90. The summed E-state index contributed by atoms with van der Waals surface area (Å²) in [4.78, 5) is 8.06. The Morgan fingerprint density at radius 2 is 1.82 bits per heavy atom. The van der Waals surface area contributed by atoms with Gasteiger partial charge in [-0.15, -0.1) is 23.4 Å². The second-order valence-corrected chi connectivity index (χ2v) is 12.4. The van der Waals surface area contributed by atoms with Gasteiger partial charge in [0.2, 0.25) is 0 Å². The number of sulfone groups is 1. The molecule has 0 radical (unpaired) electrons. The van der Waals surface area contributed by atoms with Crippen LogP contribution in [0.5, 0.6) is 5.75 Å². The third-order valence-corrected chi connectivity index (χ3v) is 9.32. The molecule has 2 fully saturated rings. The van der Waals surface area contributed by atoms with Gasteiger partial charge in [-0.2, -0.15) is 0 Å². The van der Waals surface area contributed by atoms with E-state index >= 15 is 0 Å². The van der Waals surface area contributed by atoms with Crippen LogP contribution in [-0.2, 0) is 22.9 Å². The number of pyridine rings is 1. The largest absolute Gasteiger partial charge is 0.573 e. The van der Waals surface area contributed by atoms with Crippen LogP contribution in [0.1, 0.15) is 36.0 Å². The molecular weight excluding hydrogens is 545 g/mol. The molecule has 0 atom stereocenters. The lowest BCUT2D eigenvalue weighted by Gasteiger charge is -2.35. The molecule has 0 bridgehead atoms. The molecule has 0 spiro atoms. The summed E-state index contributed by atoms with van der Waals surface area (Å²) in [5.74, 6) is 1.60. The van der Waals surface area contributed by atoms with Crippen molar-refractivity contribution in [2.75, 3.05) is 29.5 Å². The van der Waals surface area contributed by atoms with Crippen molar-refractivity contribution in [1.82, 2.24) is 24.6 Å². The van der Waals surface area contributed by atoms with Crippen LogP contribution >= 0.6 is 11.6 Å². The molecule has 0 amide bonds. The molecule has 1 aromatic carbocycles. The lowest BCUT2D eigenvalue weighted by molar-refractivity contribution is -0.274. The third kappa shape index (κ3) is 4.94. The summed E-state index contributed by atoms with van der Waals surface area (Å²) >= 11 is 6.32. The van der Waals surface area contributed by atoms with E-state index < -0.39 is 16.2 Å². The van der Waals surface area contributed by atoms with E-state index in [1.807, 2.05) is 22.8 Å². The van der Waals surface area contributed by atoms with Crippen LogP contribution in [-0.4, -0.2) is 70.1 Å². The molecule has 14 heteroatoms. The highest BCUT2D eigenvalue weighted by Gasteiger charge is 2.40. The normalized spacial score (nSPS) is 20.4. The Morgan fingerprint density at radius 1 is 1.05 bits per heavy atom. The van der Waals surface area contributed by atoms with Crippen molar-refractivity contribution in [3.05, 3.63) is 58.8 Å². The van der Waals surface area contributed by atoms with Crippen LogP contribution < -0.4 is 9.64 Å². The molecule has 0 aliphatic carbocycles. The van der Waals surface area contributed by atoms with Crippen molar-refractivity contribution >= 4 is 27.3 Å². The minimum atomic E-state index is -4.80. The first-order valence-corrected chi connectivity index (χ1v) is 14.4. The predicted molar refractivity (Wildman–Crippen MR) is 133 cm³/mol. The summed E-state index contributed by atoms with van der Waals surface area (Å²) in [6.45, 7) is 1.93. The average Bonchev–Trinajstić information content (AvgIpc) is 3.18. The Bertz CT molecular complexity index is 1460. The second-order valence-electron chi connectivity index (χ2n) is 9.85. The molecule has 3 aromatic rings. The summed E-state index contributed by atoms with van der Waals surface area (Å²) in [6, 6.07) is 8.22. The second kappa shape index (κ2) is 9.38. The number of rotatable bonds is 4. The standard InChI is InChI=1S/C24H24ClF3N6O3S/c25-17-3-4-19-16(10-17)11-33(18-13-38(35,36)14-18)12-21-30-31-22(34(19)21)15-5-8-32(9-6-15)23-20(2-1-7-29-23)37-24(26,27)28/h1-4,7,10,15,18H,5-6,8-9,11-14H2. The van der Waals surface area contributed by atoms with Crippen molar-refractivity contribution < 1.29 is 26.3 Å². The van der Waals surface area contributed by atoms with Gasteiger partial charge >= 0.3 is 6.36 Å². The van der Waals surface area contributed by atoms with Gasteiger partial charge in [0, 0.05) is 42.8 Å². The minimum Gasteiger partial charge on any atom is -0.402 e. The van der Waals surface area contributed by atoms with E-state index in [9.17, 15) is 21.6 Å². The van der Waals surface area contributed by atoms with Gasteiger partial charge in [-0.1, -0.05) is 11.6 Å². The third-order valence-electron chi connectivity index (χ3n) is 7.30. The van der Waals surface area contributed by atoms with Gasteiger partial charge in [-0.25, -0.2) is 13.4 Å². The Morgan fingerprint density at radius 3 is 2.53 bits per heavy atom. The summed E-state index contributed by atoms with van der Waals surface area (Å²) in [7, 11) is -3.00. The van der Waals surface area contributed by atoms with Crippen molar-refractivity contribution in [1.29, 1.82) is 0 Å². The van der Waals surface area contributed by atoms with Crippen LogP contribution in [0, 0.1) is 0 Å². The highest BCUT2D eigenvalue weighted by atomic mass is 35.5. The first kappa shape index (κ1) is 25.4. The lowest BCUT2D eigenvalue weighted by Crippen LogP contribution is -2.52. The lowest BCUT2D eigenvalue weighted by atomic mass is 9.95. The molecule has 3 aliphatic rings. The molecule has 5 heterocycles. The van der Waals surface area contributed by atoms with E-state index in [0.717, 1.165) is 22.9 Å². The zero-order valence-electron chi connectivity index (χ0n) is 20.1. The molecule has 6 rings (SSSR count). The SMILES string of the molecule is O=S1(=O)CC(N2Cc3cc(Cl)ccc3-n3c(nnc3C3CCN(c4ncccc4OC(F)(F)F)CC3)C2)C1. The van der Waals surface area contributed by atoms with E-state index in [0.29, 0.717) is 44.0 Å². The quantitative estimate of drug-likeness (QED) is 0.470. The van der Waals surface area contributed by atoms with E-state index in [1.54, 1.807) is 4.90 Å². The molecule has 0 N–H and O–H groups in total. The monoisotopic (exact) mass is 568 g/mol. The molecule has 202 valence electrons. The summed E-state index contributed by atoms with van der Waals surface area (Å²) in [6.07, 6.45) is -2.09. The number of nitrogens with zero attached hydrogens (tertiary/aromatic N) is 6. The molecule has 3 aliphatic heterocycles. The van der Waals surface area contributed by atoms with Crippen LogP contribution in [0.25, 0.3) is 5.69 Å². The van der Waals surface area contributed by atoms with E-state index in [4.69, 9.17) is 11.6 Å². The molecule has 2 aromatic heterocycles. The van der Waals surface area contributed by atoms with Gasteiger partial charge in [0.15, 0.2) is 27.2 Å². The maximum Gasteiger partial charge on any atom is 0.573 e. The number of fused-ring (bicyclic) bond motifs is 3. The molecule has 0 unspecified atom stereocenters. The molecular formula is C24H24ClF3N6O3S. The predicted octanol–water partition coefficient (Wildman–Crippen LogP) is 3.71.